The number of hydrogen-bond acceptors (Lipinski definition) is 1. The number of benzene rings is 1. The van der Waals surface area contributed by atoms with Crippen LogP contribution in [0.1, 0.15) is 44.9 Å². The summed E-state index contributed by atoms with van der Waals surface area (Å²) in [7, 11) is 0. The summed E-state index contributed by atoms with van der Waals surface area (Å²) in [5.74, 6) is 1.31. The maximum absolute atomic E-state index is 6.19. The Morgan fingerprint density at radius 1 is 1.15 bits per heavy atom. The lowest BCUT2D eigenvalue weighted by molar-refractivity contribution is 0.220. The Morgan fingerprint density at radius 3 is 2.45 bits per heavy atom. The molecule has 1 aromatic carbocycles. The molecule has 2 aromatic rings. The third-order valence-electron chi connectivity index (χ3n) is 4.36. The number of hydrogen-bond donors (Lipinski definition) is 0. The maximum atomic E-state index is 6.19. The van der Waals surface area contributed by atoms with Crippen LogP contribution in [0, 0.1) is 0 Å². The zero-order valence-electron chi connectivity index (χ0n) is 11.4. The molecule has 0 unspecified atom stereocenters. The molecule has 3 rings (SSSR count). The van der Waals surface area contributed by atoms with Crippen LogP contribution in [0.15, 0.2) is 12.1 Å². The van der Waals surface area contributed by atoms with Crippen LogP contribution in [-0.4, -0.2) is 9.55 Å². The van der Waals surface area contributed by atoms with Crippen molar-refractivity contribution in [1.82, 2.24) is 9.55 Å². The van der Waals surface area contributed by atoms with Crippen LogP contribution < -0.4 is 0 Å². The second-order valence-corrected chi connectivity index (χ2v) is 6.89. The van der Waals surface area contributed by atoms with E-state index in [0.29, 0.717) is 15.9 Å². The number of aromatic nitrogens is 2. The van der Waals surface area contributed by atoms with E-state index in [0.717, 1.165) is 29.7 Å². The summed E-state index contributed by atoms with van der Waals surface area (Å²) >= 11 is 18.4. The van der Waals surface area contributed by atoms with E-state index in [1.807, 2.05) is 12.1 Å². The molecule has 5 heteroatoms. The first-order valence-electron chi connectivity index (χ1n) is 6.98. The first kappa shape index (κ1) is 14.5. The largest absolute Gasteiger partial charge is 0.321 e. The summed E-state index contributed by atoms with van der Waals surface area (Å²) in [6.07, 6.45) is 6.12. The lowest BCUT2D eigenvalue weighted by Crippen LogP contribution is -2.33. The maximum Gasteiger partial charge on any atom is 0.125 e. The number of imidazole rings is 1. The molecule has 0 amide bonds. The van der Waals surface area contributed by atoms with Gasteiger partial charge in [0.05, 0.1) is 27.0 Å². The number of nitrogens with zero attached hydrogens (tertiary/aromatic N) is 2. The molecule has 0 radical (unpaired) electrons. The molecule has 1 aliphatic carbocycles. The third-order valence-corrected chi connectivity index (χ3v) is 5.32. The molecule has 1 saturated carbocycles. The van der Waals surface area contributed by atoms with E-state index < -0.39 is 0 Å². The van der Waals surface area contributed by atoms with Gasteiger partial charge in [-0.15, -0.1) is 11.6 Å². The van der Waals surface area contributed by atoms with Crippen LogP contribution in [0.4, 0.5) is 0 Å². The molecule has 0 bridgehead atoms. The highest BCUT2D eigenvalue weighted by Crippen LogP contribution is 2.39. The fourth-order valence-corrected chi connectivity index (χ4v) is 3.85. The molecule has 108 valence electrons. The molecular formula is C15H17Cl3N2. The van der Waals surface area contributed by atoms with Gasteiger partial charge in [-0.05, 0) is 31.9 Å². The Kier molecular flexibility index (Phi) is 3.91. The van der Waals surface area contributed by atoms with Crippen molar-refractivity contribution < 1.29 is 0 Å². The monoisotopic (exact) mass is 330 g/mol. The Balaban J connectivity index is 2.24. The van der Waals surface area contributed by atoms with E-state index in [-0.39, 0.29) is 5.54 Å². The zero-order valence-corrected chi connectivity index (χ0v) is 13.7. The number of fused-ring (bicyclic) bond motifs is 1. The van der Waals surface area contributed by atoms with Crippen molar-refractivity contribution in [2.24, 2.45) is 0 Å². The highest BCUT2D eigenvalue weighted by Gasteiger charge is 2.32. The summed E-state index contributed by atoms with van der Waals surface area (Å²) in [6, 6.07) is 3.75. The number of alkyl halides is 1. The molecule has 0 aliphatic heterocycles. The first-order valence-corrected chi connectivity index (χ1v) is 8.27. The normalized spacial score (nSPS) is 18.6. The van der Waals surface area contributed by atoms with Gasteiger partial charge < -0.3 is 4.57 Å². The topological polar surface area (TPSA) is 17.8 Å². The second-order valence-electron chi connectivity index (χ2n) is 5.81. The van der Waals surface area contributed by atoms with Gasteiger partial charge >= 0.3 is 0 Å². The minimum atomic E-state index is 0.0778. The second kappa shape index (κ2) is 5.40. The van der Waals surface area contributed by atoms with Gasteiger partial charge in [-0.1, -0.05) is 42.5 Å². The molecule has 2 nitrogen and oxygen atoms in total. The fourth-order valence-electron chi connectivity index (χ4n) is 3.35. The molecule has 20 heavy (non-hydrogen) atoms. The molecular weight excluding hydrogens is 315 g/mol. The minimum Gasteiger partial charge on any atom is -0.321 e. The van der Waals surface area contributed by atoms with Crippen molar-refractivity contribution in [3.63, 3.8) is 0 Å². The number of rotatable bonds is 2. The quantitative estimate of drug-likeness (QED) is 0.640. The molecule has 0 saturated heterocycles. The van der Waals surface area contributed by atoms with Crippen LogP contribution in [0.2, 0.25) is 10.0 Å². The molecule has 1 aromatic heterocycles. The highest BCUT2D eigenvalue weighted by atomic mass is 35.5. The average molecular weight is 332 g/mol. The summed E-state index contributed by atoms with van der Waals surface area (Å²) in [5, 5.41) is 1.11. The van der Waals surface area contributed by atoms with Gasteiger partial charge in [0.2, 0.25) is 0 Å². The molecule has 0 N–H and O–H groups in total. The van der Waals surface area contributed by atoms with Gasteiger partial charge in [-0.25, -0.2) is 4.98 Å². The predicted octanol–water partition coefficient (Wildman–Crippen LogP) is 5.76. The van der Waals surface area contributed by atoms with Gasteiger partial charge in [0.25, 0.3) is 0 Å². The smallest absolute Gasteiger partial charge is 0.125 e. The van der Waals surface area contributed by atoms with Crippen molar-refractivity contribution in [1.29, 1.82) is 0 Å². The third kappa shape index (κ3) is 2.32. The van der Waals surface area contributed by atoms with Crippen molar-refractivity contribution in [2.75, 3.05) is 0 Å². The van der Waals surface area contributed by atoms with Gasteiger partial charge in [0, 0.05) is 5.54 Å². The van der Waals surface area contributed by atoms with Crippen LogP contribution in [0.5, 0.6) is 0 Å². The molecule has 1 aliphatic rings. The molecule has 0 spiro atoms. The van der Waals surface area contributed by atoms with E-state index in [1.165, 1.54) is 19.3 Å². The van der Waals surface area contributed by atoms with Crippen molar-refractivity contribution in [3.05, 3.63) is 28.0 Å². The van der Waals surface area contributed by atoms with Crippen LogP contribution in [-0.2, 0) is 11.4 Å². The lowest BCUT2D eigenvalue weighted by atomic mass is 9.83. The van der Waals surface area contributed by atoms with Crippen LogP contribution in [0.25, 0.3) is 11.0 Å². The van der Waals surface area contributed by atoms with Crippen molar-refractivity contribution in [3.8, 4) is 0 Å². The highest BCUT2D eigenvalue weighted by molar-refractivity contribution is 6.42. The van der Waals surface area contributed by atoms with Crippen LogP contribution in [0.3, 0.4) is 0 Å². The van der Waals surface area contributed by atoms with Gasteiger partial charge in [-0.3, -0.25) is 0 Å². The van der Waals surface area contributed by atoms with E-state index in [1.54, 1.807) is 0 Å². The van der Waals surface area contributed by atoms with Gasteiger partial charge in [-0.2, -0.15) is 0 Å². The fraction of sp³-hybridized carbons (Fsp3) is 0.533. The predicted molar refractivity (Wildman–Crippen MR) is 86.0 cm³/mol. The summed E-state index contributed by atoms with van der Waals surface area (Å²) in [4.78, 5) is 4.64. The molecule has 0 atom stereocenters. The average Bonchev–Trinajstić information content (AvgIpc) is 2.78. The number of halogens is 3. The summed E-state index contributed by atoms with van der Waals surface area (Å²) in [6.45, 7) is 2.30. The van der Waals surface area contributed by atoms with E-state index >= 15 is 0 Å². The lowest BCUT2D eigenvalue weighted by Gasteiger charge is -2.36. The minimum absolute atomic E-state index is 0.0778. The summed E-state index contributed by atoms with van der Waals surface area (Å²) < 4.78 is 2.29. The van der Waals surface area contributed by atoms with Crippen molar-refractivity contribution >= 4 is 45.8 Å². The Labute approximate surface area is 134 Å². The van der Waals surface area contributed by atoms with Crippen LogP contribution >= 0.6 is 34.8 Å². The van der Waals surface area contributed by atoms with Crippen molar-refractivity contribution in [2.45, 2.75) is 50.4 Å². The van der Waals surface area contributed by atoms with E-state index in [9.17, 15) is 0 Å². The van der Waals surface area contributed by atoms with Gasteiger partial charge in [0.1, 0.15) is 5.82 Å². The Hall–Kier alpha value is -0.440. The molecule has 1 fully saturated rings. The first-order chi connectivity index (χ1) is 9.55. The zero-order chi connectivity index (χ0) is 14.3. The van der Waals surface area contributed by atoms with E-state index in [2.05, 4.69) is 16.5 Å². The SMILES string of the molecule is CC1(n2c(CCl)nc3cc(Cl)c(Cl)cc32)CCCCC1. The van der Waals surface area contributed by atoms with Gasteiger partial charge in [0.15, 0.2) is 0 Å². The van der Waals surface area contributed by atoms with E-state index in [4.69, 9.17) is 34.8 Å². The molecule has 1 heterocycles. The summed E-state index contributed by atoms with van der Waals surface area (Å²) in [5.41, 5.74) is 2.00. The standard InChI is InChI=1S/C15H17Cl3N2/c1-15(5-3-2-4-6-15)20-13-8-11(18)10(17)7-12(13)19-14(20)9-16/h7-8H,2-6,9H2,1H3. The Morgan fingerprint density at radius 2 is 1.80 bits per heavy atom. The Bertz CT molecular complexity index is 642.